The van der Waals surface area contributed by atoms with Gasteiger partial charge >= 0.3 is 5.97 Å². The van der Waals surface area contributed by atoms with Crippen LogP contribution in [0.2, 0.25) is 0 Å². The van der Waals surface area contributed by atoms with E-state index >= 15 is 0 Å². The third-order valence-electron chi connectivity index (χ3n) is 2.54. The topological polar surface area (TPSA) is 55.4 Å². The number of rotatable bonds is 5. The van der Waals surface area contributed by atoms with Gasteiger partial charge in [0, 0.05) is 0 Å². The molecule has 1 N–H and O–H groups in total. The van der Waals surface area contributed by atoms with E-state index in [0.717, 1.165) is 5.56 Å². The molecular formula is C13H17NO3. The fraction of sp³-hybridized carbons (Fsp3) is 0.385. The third-order valence-corrected chi connectivity index (χ3v) is 2.54. The summed E-state index contributed by atoms with van der Waals surface area (Å²) in [5, 5.41) is 2.72. The molecule has 0 fully saturated rings. The second-order valence-corrected chi connectivity index (χ2v) is 4.19. The minimum Gasteiger partial charge on any atom is -0.462 e. The van der Waals surface area contributed by atoms with Crippen LogP contribution in [0.4, 0.5) is 0 Å². The zero-order valence-electron chi connectivity index (χ0n) is 10.3. The minimum absolute atomic E-state index is 0.333. The van der Waals surface area contributed by atoms with Gasteiger partial charge in [0.2, 0.25) is 6.41 Å². The van der Waals surface area contributed by atoms with Crippen molar-refractivity contribution in [1.29, 1.82) is 0 Å². The van der Waals surface area contributed by atoms with Gasteiger partial charge in [-0.3, -0.25) is 4.79 Å². The van der Waals surface area contributed by atoms with Crippen LogP contribution in [-0.4, -0.2) is 19.0 Å². The Kier molecular flexibility index (Phi) is 4.26. The molecule has 4 nitrogen and oxygen atoms in total. The van der Waals surface area contributed by atoms with E-state index in [0.29, 0.717) is 18.6 Å². The van der Waals surface area contributed by atoms with E-state index in [9.17, 15) is 9.59 Å². The molecule has 0 saturated carbocycles. The fourth-order valence-corrected chi connectivity index (χ4v) is 1.47. The maximum Gasteiger partial charge on any atom is 0.338 e. The fourth-order valence-electron chi connectivity index (χ4n) is 1.47. The van der Waals surface area contributed by atoms with Crippen LogP contribution in [0, 0.1) is 0 Å². The van der Waals surface area contributed by atoms with Gasteiger partial charge in [-0.15, -0.1) is 0 Å². The Balaban J connectivity index is 2.87. The summed E-state index contributed by atoms with van der Waals surface area (Å²) in [4.78, 5) is 21.9. The molecular weight excluding hydrogens is 218 g/mol. The number of benzene rings is 1. The SMILES string of the molecule is CCOC(=O)c1ccc(C(C)(C)NC=O)cc1. The van der Waals surface area contributed by atoms with Crippen molar-refractivity contribution in [3.63, 3.8) is 0 Å². The molecule has 0 heterocycles. The average molecular weight is 235 g/mol. The molecule has 0 bridgehead atoms. The number of hydrogen-bond donors (Lipinski definition) is 1. The molecule has 0 spiro atoms. The summed E-state index contributed by atoms with van der Waals surface area (Å²) in [6, 6.07) is 7.01. The maximum absolute atomic E-state index is 11.4. The van der Waals surface area contributed by atoms with Gasteiger partial charge < -0.3 is 10.1 Å². The third kappa shape index (κ3) is 3.31. The second-order valence-electron chi connectivity index (χ2n) is 4.19. The second kappa shape index (κ2) is 5.48. The molecule has 0 aliphatic heterocycles. The molecule has 1 rings (SSSR count). The van der Waals surface area contributed by atoms with Crippen LogP contribution in [0.25, 0.3) is 0 Å². The van der Waals surface area contributed by atoms with Gasteiger partial charge in [0.15, 0.2) is 0 Å². The summed E-state index contributed by atoms with van der Waals surface area (Å²) in [7, 11) is 0. The van der Waals surface area contributed by atoms with Crippen molar-refractivity contribution in [2.45, 2.75) is 26.3 Å². The molecule has 0 atom stereocenters. The summed E-state index contributed by atoms with van der Waals surface area (Å²) in [5.74, 6) is -0.333. The highest BCUT2D eigenvalue weighted by atomic mass is 16.5. The first-order valence-corrected chi connectivity index (χ1v) is 5.50. The highest BCUT2D eigenvalue weighted by Gasteiger charge is 2.19. The van der Waals surface area contributed by atoms with Crippen LogP contribution in [0.15, 0.2) is 24.3 Å². The van der Waals surface area contributed by atoms with Gasteiger partial charge in [0.05, 0.1) is 17.7 Å². The van der Waals surface area contributed by atoms with Gasteiger partial charge in [-0.25, -0.2) is 4.79 Å². The van der Waals surface area contributed by atoms with E-state index in [1.807, 2.05) is 26.0 Å². The van der Waals surface area contributed by atoms with Gasteiger partial charge in [0.1, 0.15) is 0 Å². The van der Waals surface area contributed by atoms with Crippen LogP contribution in [0.5, 0.6) is 0 Å². The number of carbonyl (C=O) groups is 2. The predicted octanol–water partition coefficient (Wildman–Crippen LogP) is 1.84. The molecule has 1 amide bonds. The van der Waals surface area contributed by atoms with Gasteiger partial charge in [-0.05, 0) is 38.5 Å². The molecule has 0 radical (unpaired) electrons. The normalized spacial score (nSPS) is 10.8. The van der Waals surface area contributed by atoms with Crippen molar-refractivity contribution in [3.05, 3.63) is 35.4 Å². The summed E-state index contributed by atoms with van der Waals surface area (Å²) < 4.78 is 4.89. The highest BCUT2D eigenvalue weighted by molar-refractivity contribution is 5.89. The van der Waals surface area contributed by atoms with E-state index in [4.69, 9.17) is 4.74 Å². The molecule has 0 aliphatic rings. The zero-order chi connectivity index (χ0) is 12.9. The van der Waals surface area contributed by atoms with Crippen molar-refractivity contribution in [3.8, 4) is 0 Å². The maximum atomic E-state index is 11.4. The van der Waals surface area contributed by atoms with E-state index < -0.39 is 5.54 Å². The number of nitrogens with one attached hydrogen (secondary N) is 1. The Morgan fingerprint density at radius 1 is 1.35 bits per heavy atom. The van der Waals surface area contributed by atoms with E-state index in [-0.39, 0.29) is 5.97 Å². The first-order chi connectivity index (χ1) is 8.01. The first kappa shape index (κ1) is 13.2. The van der Waals surface area contributed by atoms with Gasteiger partial charge in [-0.1, -0.05) is 12.1 Å². The summed E-state index contributed by atoms with van der Waals surface area (Å²) >= 11 is 0. The lowest BCUT2D eigenvalue weighted by atomic mass is 9.94. The van der Waals surface area contributed by atoms with Crippen molar-refractivity contribution in [2.75, 3.05) is 6.61 Å². The number of ether oxygens (including phenoxy) is 1. The van der Waals surface area contributed by atoms with Crippen LogP contribution in [-0.2, 0) is 15.1 Å². The number of carbonyl (C=O) groups excluding carboxylic acids is 2. The van der Waals surface area contributed by atoms with Gasteiger partial charge in [-0.2, -0.15) is 0 Å². The van der Waals surface area contributed by atoms with Crippen molar-refractivity contribution >= 4 is 12.4 Å². The smallest absolute Gasteiger partial charge is 0.338 e. The lowest BCUT2D eigenvalue weighted by Crippen LogP contribution is -2.35. The first-order valence-electron chi connectivity index (χ1n) is 5.50. The summed E-state index contributed by atoms with van der Waals surface area (Å²) in [6.07, 6.45) is 0.666. The molecule has 1 aromatic rings. The number of esters is 1. The Morgan fingerprint density at radius 3 is 2.41 bits per heavy atom. The molecule has 4 heteroatoms. The molecule has 0 aromatic heterocycles. The summed E-state index contributed by atoms with van der Waals surface area (Å²) in [5.41, 5.74) is 0.990. The number of hydrogen-bond acceptors (Lipinski definition) is 3. The quantitative estimate of drug-likeness (QED) is 0.626. The standard InChI is InChI=1S/C13H17NO3/c1-4-17-12(16)10-5-7-11(8-6-10)13(2,3)14-9-15/h5-9H,4H2,1-3H3,(H,14,15). The highest BCUT2D eigenvalue weighted by Crippen LogP contribution is 2.19. The molecule has 1 aromatic carbocycles. The van der Waals surface area contributed by atoms with Crippen molar-refractivity contribution in [1.82, 2.24) is 5.32 Å². The zero-order valence-corrected chi connectivity index (χ0v) is 10.3. The lowest BCUT2D eigenvalue weighted by molar-refractivity contribution is -0.111. The Labute approximate surface area is 101 Å². The molecule has 17 heavy (non-hydrogen) atoms. The van der Waals surface area contributed by atoms with Crippen molar-refractivity contribution in [2.24, 2.45) is 0 Å². The molecule has 92 valence electrons. The van der Waals surface area contributed by atoms with Crippen LogP contribution < -0.4 is 5.32 Å². The molecule has 0 saturated heterocycles. The van der Waals surface area contributed by atoms with E-state index in [1.54, 1.807) is 19.1 Å². The Hall–Kier alpha value is -1.84. The lowest BCUT2D eigenvalue weighted by Gasteiger charge is -2.24. The largest absolute Gasteiger partial charge is 0.462 e. The monoisotopic (exact) mass is 235 g/mol. The van der Waals surface area contributed by atoms with Crippen LogP contribution >= 0.6 is 0 Å². The average Bonchev–Trinajstić information content (AvgIpc) is 2.29. The van der Waals surface area contributed by atoms with E-state index in [1.165, 1.54) is 0 Å². The molecule has 0 unspecified atom stereocenters. The minimum atomic E-state index is -0.449. The Bertz CT molecular complexity index is 396. The van der Waals surface area contributed by atoms with Crippen LogP contribution in [0.1, 0.15) is 36.7 Å². The van der Waals surface area contributed by atoms with Crippen LogP contribution in [0.3, 0.4) is 0 Å². The summed E-state index contributed by atoms with van der Waals surface area (Å²) in [6.45, 7) is 5.91. The van der Waals surface area contributed by atoms with E-state index in [2.05, 4.69) is 5.32 Å². The number of amides is 1. The van der Waals surface area contributed by atoms with Crippen molar-refractivity contribution < 1.29 is 14.3 Å². The molecule has 0 aliphatic carbocycles. The van der Waals surface area contributed by atoms with Gasteiger partial charge in [0.25, 0.3) is 0 Å². The Morgan fingerprint density at radius 2 is 1.94 bits per heavy atom. The predicted molar refractivity (Wildman–Crippen MR) is 64.6 cm³/mol.